The second-order valence-electron chi connectivity index (χ2n) is 5.44. The van der Waals surface area contributed by atoms with Gasteiger partial charge in [-0.15, -0.1) is 0 Å². The molecule has 0 spiro atoms. The highest BCUT2D eigenvalue weighted by molar-refractivity contribution is 7.89. The summed E-state index contributed by atoms with van der Waals surface area (Å²) in [6.07, 6.45) is 0. The zero-order valence-electron chi connectivity index (χ0n) is 13.9. The number of aromatic nitrogens is 2. The monoisotopic (exact) mass is 410 g/mol. The van der Waals surface area contributed by atoms with Gasteiger partial charge in [0.15, 0.2) is 5.13 Å². The Morgan fingerprint density at radius 2 is 1.92 bits per heavy atom. The lowest BCUT2D eigenvalue weighted by Gasteiger charge is -1.99. The van der Waals surface area contributed by atoms with E-state index in [4.69, 9.17) is 5.14 Å². The number of nitrogens with two attached hydrogens (primary N) is 2. The van der Waals surface area contributed by atoms with Crippen LogP contribution in [0.25, 0.3) is 10.6 Å². The number of anilines is 1. The number of sulfonamides is 1. The van der Waals surface area contributed by atoms with E-state index in [9.17, 15) is 13.2 Å². The van der Waals surface area contributed by atoms with Crippen LogP contribution in [0.4, 0.5) is 16.0 Å². The molecular weight excluding hydrogens is 394 g/mol. The van der Waals surface area contributed by atoms with E-state index < -0.39 is 10.0 Å². The summed E-state index contributed by atoms with van der Waals surface area (Å²) in [5.41, 5.74) is 2.40. The third-order valence-electron chi connectivity index (χ3n) is 3.33. The van der Waals surface area contributed by atoms with Crippen molar-refractivity contribution in [3.05, 3.63) is 35.3 Å². The lowest BCUT2D eigenvalue weighted by atomic mass is 10.3. The first-order chi connectivity index (χ1) is 12.2. The summed E-state index contributed by atoms with van der Waals surface area (Å²) in [6.45, 7) is 3.30. The van der Waals surface area contributed by atoms with E-state index in [2.05, 4.69) is 15.3 Å². The van der Waals surface area contributed by atoms with Gasteiger partial charge in [0.05, 0.1) is 21.2 Å². The zero-order chi connectivity index (χ0) is 18.9. The number of benzene rings is 1. The molecule has 0 aliphatic heterocycles. The quantitative estimate of drug-likeness (QED) is 0.551. The average Bonchev–Trinajstić information content (AvgIpc) is 3.13. The van der Waals surface area contributed by atoms with Crippen molar-refractivity contribution in [2.24, 2.45) is 5.14 Å². The normalized spacial score (nSPS) is 11.5. The number of nitrogens with zero attached hydrogens (tertiary/aromatic N) is 2. The molecule has 0 unspecified atom stereocenters. The second kappa shape index (κ2) is 7.21. The Hall–Kier alpha value is -2.18. The Morgan fingerprint density at radius 1 is 1.23 bits per heavy atom. The van der Waals surface area contributed by atoms with E-state index in [0.717, 1.165) is 27.1 Å². The van der Waals surface area contributed by atoms with Crippen LogP contribution in [0.15, 0.2) is 34.5 Å². The molecule has 3 rings (SSSR count). The Labute approximate surface area is 158 Å². The molecule has 0 saturated heterocycles. The Balaban J connectivity index is 1.78. The third-order valence-corrected chi connectivity index (χ3v) is 6.15. The summed E-state index contributed by atoms with van der Waals surface area (Å²) >= 11 is 2.83. The molecule has 5 N–H and O–H groups in total. The van der Waals surface area contributed by atoms with Crippen LogP contribution in [-0.4, -0.2) is 24.3 Å². The lowest BCUT2D eigenvalue weighted by Crippen LogP contribution is -2.70. The van der Waals surface area contributed by atoms with Crippen molar-refractivity contribution in [3.8, 4) is 10.6 Å². The highest BCUT2D eigenvalue weighted by Crippen LogP contribution is 2.33. The summed E-state index contributed by atoms with van der Waals surface area (Å²) in [6, 6.07) is 6.27. The van der Waals surface area contributed by atoms with Gasteiger partial charge in [-0.2, -0.15) is 4.98 Å². The summed E-state index contributed by atoms with van der Waals surface area (Å²) in [5, 5.41) is 12.9. The first-order valence-corrected chi connectivity index (χ1v) is 10.6. The van der Waals surface area contributed by atoms with Crippen molar-refractivity contribution >= 4 is 54.6 Å². The molecule has 0 saturated carbocycles. The van der Waals surface area contributed by atoms with Gasteiger partial charge in [0, 0.05) is 24.4 Å². The van der Waals surface area contributed by atoms with Gasteiger partial charge in [-0.1, -0.05) is 22.7 Å². The fraction of sp³-hybridized carbons (Fsp3) is 0.133. The third kappa shape index (κ3) is 4.31. The molecule has 0 aliphatic rings. The number of hydrogen-bond acceptors (Lipinski definition) is 7. The van der Waals surface area contributed by atoms with Crippen molar-refractivity contribution in [2.45, 2.75) is 18.7 Å². The number of carbonyl (C=O) groups excluding carboxylic acids is 1. The van der Waals surface area contributed by atoms with Gasteiger partial charge in [-0.05, 0) is 19.1 Å². The van der Waals surface area contributed by atoms with Gasteiger partial charge in [0.2, 0.25) is 15.9 Å². The van der Waals surface area contributed by atoms with Crippen molar-refractivity contribution in [3.63, 3.8) is 0 Å². The maximum Gasteiger partial charge on any atom is 0.288 e. The summed E-state index contributed by atoms with van der Waals surface area (Å²) < 4.78 is 22.6. The second-order valence-corrected chi connectivity index (χ2v) is 8.89. The predicted octanol–water partition coefficient (Wildman–Crippen LogP) is 1.71. The van der Waals surface area contributed by atoms with E-state index in [1.54, 1.807) is 12.1 Å². The van der Waals surface area contributed by atoms with Gasteiger partial charge < -0.3 is 5.32 Å². The molecule has 3 aromatic rings. The minimum Gasteiger partial charge on any atom is -0.302 e. The maximum absolute atomic E-state index is 11.3. The summed E-state index contributed by atoms with van der Waals surface area (Å²) in [7, 11) is -3.70. The van der Waals surface area contributed by atoms with Crippen LogP contribution in [0.2, 0.25) is 0 Å². The Bertz CT molecular complexity index is 1050. The highest BCUT2D eigenvalue weighted by Gasteiger charge is 2.16. The number of primary sulfonamides is 1. The van der Waals surface area contributed by atoms with Crippen molar-refractivity contribution in [1.82, 2.24) is 9.97 Å². The van der Waals surface area contributed by atoms with E-state index in [1.807, 2.05) is 17.6 Å². The highest BCUT2D eigenvalue weighted by atomic mass is 32.2. The summed E-state index contributed by atoms with van der Waals surface area (Å²) in [5.74, 6) is -0.166. The van der Waals surface area contributed by atoms with Crippen molar-refractivity contribution in [1.29, 1.82) is 0 Å². The molecule has 0 fully saturated rings. The van der Waals surface area contributed by atoms with E-state index in [1.165, 1.54) is 41.7 Å². The number of nitrogens with one attached hydrogen (secondary N) is 1. The van der Waals surface area contributed by atoms with Crippen LogP contribution < -0.4 is 15.8 Å². The van der Waals surface area contributed by atoms with E-state index in [0.29, 0.717) is 5.13 Å². The maximum atomic E-state index is 11.3. The van der Waals surface area contributed by atoms with Crippen LogP contribution in [0.1, 0.15) is 12.6 Å². The van der Waals surface area contributed by atoms with Gasteiger partial charge in [-0.25, -0.2) is 18.5 Å². The number of amides is 1. The minimum atomic E-state index is -3.70. The number of aryl methyl sites for hydroxylation is 1. The number of thiazole rings is 2. The lowest BCUT2D eigenvalue weighted by molar-refractivity contribution is -0.478. The molecule has 8 nitrogen and oxygen atoms in total. The van der Waals surface area contributed by atoms with Crippen LogP contribution in [0.3, 0.4) is 0 Å². The number of hydrogen-bond donors (Lipinski definition) is 3. The molecule has 0 atom stereocenters. The minimum absolute atomic E-state index is 0.0697. The Kier molecular flexibility index (Phi) is 5.16. The molecule has 0 aliphatic carbocycles. The Morgan fingerprint density at radius 3 is 2.54 bits per heavy atom. The predicted molar refractivity (Wildman–Crippen MR) is 101 cm³/mol. The fourth-order valence-corrected chi connectivity index (χ4v) is 4.51. The first-order valence-electron chi connectivity index (χ1n) is 7.41. The number of quaternary nitrogens is 1. The molecule has 136 valence electrons. The van der Waals surface area contributed by atoms with E-state index >= 15 is 0 Å². The smallest absolute Gasteiger partial charge is 0.288 e. The number of rotatable bonds is 5. The SMILES string of the molecule is CC(=O)Nc1nc(C)c(-c2csc([NH2+]c3ccc(S(N)(=O)=O)cc3)n2)s1. The molecular formula is C15H16N5O3S3+. The molecule has 1 aromatic carbocycles. The van der Waals surface area contributed by atoms with Gasteiger partial charge in [-0.3, -0.25) is 10.1 Å². The zero-order valence-corrected chi connectivity index (χ0v) is 16.3. The van der Waals surface area contributed by atoms with Gasteiger partial charge in [0.25, 0.3) is 5.13 Å². The van der Waals surface area contributed by atoms with Crippen molar-refractivity contribution < 1.29 is 18.5 Å². The van der Waals surface area contributed by atoms with E-state index in [-0.39, 0.29) is 10.8 Å². The van der Waals surface area contributed by atoms with Crippen LogP contribution >= 0.6 is 22.7 Å². The molecule has 2 aromatic heterocycles. The van der Waals surface area contributed by atoms with Gasteiger partial charge >= 0.3 is 0 Å². The molecule has 0 bridgehead atoms. The van der Waals surface area contributed by atoms with Crippen molar-refractivity contribution in [2.75, 3.05) is 5.32 Å². The van der Waals surface area contributed by atoms with Crippen LogP contribution in [-0.2, 0) is 14.8 Å². The fourth-order valence-electron chi connectivity index (χ4n) is 2.19. The molecule has 2 heterocycles. The first kappa shape index (κ1) is 18.6. The topological polar surface area (TPSA) is 132 Å². The standard InChI is InChI=1S/C15H15N5O3S3/c1-8-13(25-15(17-8)18-9(2)21)12-7-24-14(20-12)19-10-3-5-11(6-4-10)26(16,22)23/h3-7H,1-2H3,(H,19,20)(H2,16,22,23)(H,17,18,21)/p+1. The number of carbonyl (C=O) groups is 1. The van der Waals surface area contributed by atoms with Crippen LogP contribution in [0.5, 0.6) is 0 Å². The molecule has 1 amide bonds. The largest absolute Gasteiger partial charge is 0.302 e. The molecule has 11 heteroatoms. The van der Waals surface area contributed by atoms with Crippen LogP contribution in [0, 0.1) is 6.92 Å². The summed E-state index contributed by atoms with van der Waals surface area (Å²) in [4.78, 5) is 21.0. The molecule has 26 heavy (non-hydrogen) atoms. The average molecular weight is 411 g/mol. The molecule has 0 radical (unpaired) electrons. The van der Waals surface area contributed by atoms with Gasteiger partial charge in [0.1, 0.15) is 5.69 Å².